The highest BCUT2D eigenvalue weighted by Gasteiger charge is 2.36. The molecule has 4 nitrogen and oxygen atoms in total. The number of para-hydroxylation sites is 1. The quantitative estimate of drug-likeness (QED) is 0.358. The van der Waals surface area contributed by atoms with Crippen LogP contribution in [0, 0.1) is 5.82 Å². The van der Waals surface area contributed by atoms with Crippen molar-refractivity contribution in [1.29, 1.82) is 0 Å². The fraction of sp³-hybridized carbons (Fsp3) is 0.222. The van der Waals surface area contributed by atoms with Crippen LogP contribution in [0.1, 0.15) is 46.1 Å². The average molecular weight is 458 g/mol. The van der Waals surface area contributed by atoms with Gasteiger partial charge in [-0.1, -0.05) is 30.3 Å². The Morgan fingerprint density at radius 1 is 0.939 bits per heavy atom. The topological polar surface area (TPSA) is 37.3 Å². The number of rotatable bonds is 2. The van der Waals surface area contributed by atoms with Crippen LogP contribution in [0.15, 0.2) is 72.9 Å². The molecule has 1 N–H and O–H groups in total. The first kappa shape index (κ1) is 20.2. The molecule has 6 heteroatoms. The molecule has 0 fully saturated rings. The Morgan fingerprint density at radius 2 is 1.73 bits per heavy atom. The van der Waals surface area contributed by atoms with Crippen LogP contribution in [0.2, 0.25) is 0 Å². The maximum Gasteiger partial charge on any atom is 0.322 e. The van der Waals surface area contributed by atoms with E-state index in [1.165, 1.54) is 46.0 Å². The maximum absolute atomic E-state index is 13.8. The summed E-state index contributed by atoms with van der Waals surface area (Å²) in [5.74, 6) is -0.281. The number of hydrogen-bond acceptors (Lipinski definition) is 2. The lowest BCUT2D eigenvalue weighted by atomic mass is 9.95. The highest BCUT2D eigenvalue weighted by Crippen LogP contribution is 2.44. The summed E-state index contributed by atoms with van der Waals surface area (Å²) in [5.41, 5.74) is 5.33. The lowest BCUT2D eigenvalue weighted by molar-refractivity contribution is 0.194. The molecule has 2 amide bonds. The summed E-state index contributed by atoms with van der Waals surface area (Å²) in [6, 6.07) is 19.7. The maximum atomic E-state index is 13.8. The van der Waals surface area contributed by atoms with E-state index < -0.39 is 0 Å². The van der Waals surface area contributed by atoms with E-state index in [9.17, 15) is 9.18 Å². The first-order valence-electron chi connectivity index (χ1n) is 11.4. The molecule has 0 saturated carbocycles. The molecule has 2 aromatic heterocycles. The Labute approximate surface area is 196 Å². The van der Waals surface area contributed by atoms with Crippen LogP contribution in [-0.2, 0) is 19.4 Å². The van der Waals surface area contributed by atoms with Crippen molar-refractivity contribution < 1.29 is 9.18 Å². The molecule has 0 spiro atoms. The third kappa shape index (κ3) is 3.55. The van der Waals surface area contributed by atoms with Crippen LogP contribution in [0.25, 0.3) is 5.00 Å². The van der Waals surface area contributed by atoms with Crippen LogP contribution >= 0.6 is 11.3 Å². The van der Waals surface area contributed by atoms with Gasteiger partial charge < -0.3 is 14.8 Å². The van der Waals surface area contributed by atoms with Crippen molar-refractivity contribution in [1.82, 2.24) is 9.47 Å². The fourth-order valence-electron chi connectivity index (χ4n) is 5.10. The van der Waals surface area contributed by atoms with Crippen molar-refractivity contribution in [2.45, 2.75) is 38.3 Å². The number of carbonyl (C=O) groups is 1. The van der Waals surface area contributed by atoms with Crippen molar-refractivity contribution in [3.8, 4) is 5.00 Å². The number of carbonyl (C=O) groups excluding carboxylic acids is 1. The van der Waals surface area contributed by atoms with E-state index >= 15 is 0 Å². The summed E-state index contributed by atoms with van der Waals surface area (Å²) in [6.45, 7) is 0.517. The average Bonchev–Trinajstić information content (AvgIpc) is 3.42. The van der Waals surface area contributed by atoms with Crippen LogP contribution < -0.4 is 5.32 Å². The van der Waals surface area contributed by atoms with E-state index in [1.807, 2.05) is 52.6 Å². The number of aromatic nitrogens is 1. The standard InChI is InChI=1S/C27H24FN3OS/c28-19-14-12-18(13-15-19)25-23-10-6-16-30(23)26-22(21-9-4-5-11-24(21)33-26)17-31(25)27(32)29-20-7-2-1-3-8-20/h1-3,6-8,10,12-16,25H,4-5,9,11,17H2,(H,29,32)/t25-/m0/s1. The lowest BCUT2D eigenvalue weighted by Crippen LogP contribution is -2.38. The largest absolute Gasteiger partial charge is 0.322 e. The molecule has 2 aromatic carbocycles. The molecule has 0 saturated heterocycles. The van der Waals surface area contributed by atoms with E-state index in [1.54, 1.807) is 12.1 Å². The zero-order chi connectivity index (χ0) is 22.4. The third-order valence-electron chi connectivity index (χ3n) is 6.65. The molecule has 33 heavy (non-hydrogen) atoms. The summed E-state index contributed by atoms with van der Waals surface area (Å²) in [7, 11) is 0. The fourth-order valence-corrected chi connectivity index (χ4v) is 6.50. The van der Waals surface area contributed by atoms with Crippen LogP contribution in [0.5, 0.6) is 0 Å². The van der Waals surface area contributed by atoms with Crippen molar-refractivity contribution in [2.24, 2.45) is 0 Å². The van der Waals surface area contributed by atoms with Crippen molar-refractivity contribution >= 4 is 23.1 Å². The second-order valence-electron chi connectivity index (χ2n) is 8.68. The molecular weight excluding hydrogens is 433 g/mol. The smallest absolute Gasteiger partial charge is 0.310 e. The highest BCUT2D eigenvalue weighted by atomic mass is 32.1. The number of urea groups is 1. The highest BCUT2D eigenvalue weighted by molar-refractivity contribution is 7.15. The Balaban J connectivity index is 1.51. The summed E-state index contributed by atoms with van der Waals surface area (Å²) in [6.07, 6.45) is 6.67. The third-order valence-corrected chi connectivity index (χ3v) is 7.98. The van der Waals surface area contributed by atoms with Crippen LogP contribution in [-0.4, -0.2) is 15.5 Å². The molecule has 1 atom stereocenters. The van der Waals surface area contributed by atoms with Gasteiger partial charge in [0.1, 0.15) is 10.8 Å². The van der Waals surface area contributed by atoms with E-state index in [4.69, 9.17) is 0 Å². The molecule has 4 aromatic rings. The molecule has 0 bridgehead atoms. The number of nitrogens with one attached hydrogen (secondary N) is 1. The number of aryl methyl sites for hydroxylation is 1. The second-order valence-corrected chi connectivity index (χ2v) is 9.76. The predicted molar refractivity (Wildman–Crippen MR) is 130 cm³/mol. The molecule has 166 valence electrons. The van der Waals surface area contributed by atoms with Gasteiger partial charge >= 0.3 is 6.03 Å². The minimum atomic E-state index is -0.330. The molecule has 1 aliphatic carbocycles. The van der Waals surface area contributed by atoms with E-state index in [2.05, 4.69) is 22.1 Å². The zero-order valence-corrected chi connectivity index (χ0v) is 18.9. The monoisotopic (exact) mass is 457 g/mol. The van der Waals surface area contributed by atoms with Gasteiger partial charge in [0.2, 0.25) is 0 Å². The molecule has 6 rings (SSSR count). The number of hydrogen-bond donors (Lipinski definition) is 1. The van der Waals surface area contributed by atoms with Gasteiger partial charge in [0.15, 0.2) is 0 Å². The Bertz CT molecular complexity index is 1310. The van der Waals surface area contributed by atoms with Gasteiger partial charge in [0.25, 0.3) is 0 Å². The Morgan fingerprint density at radius 3 is 2.55 bits per heavy atom. The summed E-state index contributed by atoms with van der Waals surface area (Å²) in [5, 5.41) is 4.30. The number of anilines is 1. The van der Waals surface area contributed by atoms with Gasteiger partial charge in [0, 0.05) is 22.3 Å². The minimum absolute atomic E-state index is 0.160. The number of halogens is 1. The Hall–Kier alpha value is -3.38. The molecule has 0 unspecified atom stereocenters. The van der Waals surface area contributed by atoms with Gasteiger partial charge in [-0.15, -0.1) is 11.3 Å². The molecular formula is C27H24FN3OS. The van der Waals surface area contributed by atoms with Crippen LogP contribution in [0.3, 0.4) is 0 Å². The lowest BCUT2D eigenvalue weighted by Gasteiger charge is -2.31. The van der Waals surface area contributed by atoms with Crippen LogP contribution in [0.4, 0.5) is 14.9 Å². The van der Waals surface area contributed by atoms with E-state index in [0.29, 0.717) is 6.54 Å². The van der Waals surface area contributed by atoms with Gasteiger partial charge in [-0.2, -0.15) is 0 Å². The van der Waals surface area contributed by atoms with Gasteiger partial charge in [0.05, 0.1) is 18.3 Å². The first-order chi connectivity index (χ1) is 16.2. The second kappa shape index (κ2) is 8.19. The summed E-state index contributed by atoms with van der Waals surface area (Å²) < 4.78 is 16.0. The number of thiophene rings is 1. The van der Waals surface area contributed by atoms with Gasteiger partial charge in [-0.3, -0.25) is 0 Å². The number of benzene rings is 2. The normalized spacial score (nSPS) is 17.0. The number of amides is 2. The summed E-state index contributed by atoms with van der Waals surface area (Å²) in [4.78, 5) is 17.1. The molecule has 3 heterocycles. The van der Waals surface area contributed by atoms with Crippen molar-refractivity contribution in [3.63, 3.8) is 0 Å². The minimum Gasteiger partial charge on any atom is -0.310 e. The number of fused-ring (bicyclic) bond motifs is 5. The predicted octanol–water partition coefficient (Wildman–Crippen LogP) is 6.69. The van der Waals surface area contributed by atoms with Gasteiger partial charge in [-0.25, -0.2) is 9.18 Å². The van der Waals surface area contributed by atoms with E-state index in [0.717, 1.165) is 29.8 Å². The Kier molecular flexibility index (Phi) is 5.03. The number of nitrogens with zero attached hydrogens (tertiary/aromatic N) is 2. The van der Waals surface area contributed by atoms with Crippen molar-refractivity contribution in [3.05, 3.63) is 106 Å². The van der Waals surface area contributed by atoms with Crippen molar-refractivity contribution in [2.75, 3.05) is 5.32 Å². The SMILES string of the molecule is O=C(Nc1ccccc1)N1Cc2c(sc3c2CCCC3)-n2cccc2[C@@H]1c1ccc(F)cc1. The summed E-state index contributed by atoms with van der Waals surface area (Å²) >= 11 is 1.86. The van der Waals surface area contributed by atoms with Gasteiger partial charge in [-0.05, 0) is 73.2 Å². The molecule has 1 aliphatic heterocycles. The first-order valence-corrected chi connectivity index (χ1v) is 12.2. The van der Waals surface area contributed by atoms with E-state index in [-0.39, 0.29) is 17.9 Å². The zero-order valence-electron chi connectivity index (χ0n) is 18.1. The molecule has 0 radical (unpaired) electrons. The molecule has 2 aliphatic rings.